The Morgan fingerprint density at radius 3 is 2.83 bits per heavy atom. The van der Waals surface area contributed by atoms with Crippen molar-refractivity contribution in [1.82, 2.24) is 4.98 Å². The summed E-state index contributed by atoms with van der Waals surface area (Å²) in [5.41, 5.74) is 7.51. The minimum Gasteiger partial charge on any atom is -0.361 e. The van der Waals surface area contributed by atoms with E-state index >= 15 is 0 Å². The highest BCUT2D eigenvalue weighted by molar-refractivity contribution is 5.95. The standard InChI is InChI=1S/C14H19N3O/c1-9(2)12(8-15)14(18)17-11-3-4-13-10(7-11)5-6-16-13/h3-7,9,12,16H,8,15H2,1-2H3,(H,17,18). The summed E-state index contributed by atoms with van der Waals surface area (Å²) in [4.78, 5) is 15.2. The van der Waals surface area contributed by atoms with Crippen molar-refractivity contribution < 1.29 is 4.79 Å². The van der Waals surface area contributed by atoms with Crippen LogP contribution in [0.2, 0.25) is 0 Å². The van der Waals surface area contributed by atoms with Crippen molar-refractivity contribution in [3.8, 4) is 0 Å². The van der Waals surface area contributed by atoms with Gasteiger partial charge in [-0.2, -0.15) is 0 Å². The second kappa shape index (κ2) is 5.23. The van der Waals surface area contributed by atoms with Crippen LogP contribution >= 0.6 is 0 Å². The molecule has 1 atom stereocenters. The van der Waals surface area contributed by atoms with Crippen LogP contribution in [0, 0.1) is 11.8 Å². The number of H-pyrrole nitrogens is 1. The van der Waals surface area contributed by atoms with Gasteiger partial charge in [-0.3, -0.25) is 4.79 Å². The second-order valence-electron chi connectivity index (χ2n) is 4.86. The van der Waals surface area contributed by atoms with Crippen molar-refractivity contribution in [3.05, 3.63) is 30.5 Å². The van der Waals surface area contributed by atoms with Gasteiger partial charge in [-0.25, -0.2) is 0 Å². The number of anilines is 1. The average molecular weight is 245 g/mol. The van der Waals surface area contributed by atoms with Gasteiger partial charge in [0.2, 0.25) is 5.91 Å². The number of aromatic nitrogens is 1. The molecular formula is C14H19N3O. The maximum Gasteiger partial charge on any atom is 0.229 e. The van der Waals surface area contributed by atoms with Crippen molar-refractivity contribution in [2.45, 2.75) is 13.8 Å². The van der Waals surface area contributed by atoms with Crippen molar-refractivity contribution in [2.75, 3.05) is 11.9 Å². The van der Waals surface area contributed by atoms with Crippen LogP contribution in [-0.4, -0.2) is 17.4 Å². The predicted octanol–water partition coefficient (Wildman–Crippen LogP) is 2.34. The summed E-state index contributed by atoms with van der Waals surface area (Å²) < 4.78 is 0. The van der Waals surface area contributed by atoms with E-state index in [0.29, 0.717) is 6.54 Å². The second-order valence-corrected chi connectivity index (χ2v) is 4.86. The van der Waals surface area contributed by atoms with E-state index in [1.165, 1.54) is 0 Å². The lowest BCUT2D eigenvalue weighted by molar-refractivity contribution is -0.120. The molecule has 2 aromatic rings. The molecule has 1 amide bonds. The number of hydrogen-bond donors (Lipinski definition) is 3. The fourth-order valence-corrected chi connectivity index (χ4v) is 2.05. The number of carbonyl (C=O) groups excluding carboxylic acids is 1. The Balaban J connectivity index is 2.15. The van der Waals surface area contributed by atoms with Crippen molar-refractivity contribution in [2.24, 2.45) is 17.6 Å². The SMILES string of the molecule is CC(C)C(CN)C(=O)Nc1ccc2[nH]ccc2c1. The first-order valence-electron chi connectivity index (χ1n) is 6.20. The molecule has 0 spiro atoms. The molecule has 1 aromatic carbocycles. The van der Waals surface area contributed by atoms with E-state index in [0.717, 1.165) is 16.6 Å². The highest BCUT2D eigenvalue weighted by Gasteiger charge is 2.20. The molecule has 0 radical (unpaired) electrons. The van der Waals surface area contributed by atoms with E-state index < -0.39 is 0 Å². The average Bonchev–Trinajstić information content (AvgIpc) is 2.76. The summed E-state index contributed by atoms with van der Waals surface area (Å²) in [7, 11) is 0. The van der Waals surface area contributed by atoms with Crippen molar-refractivity contribution in [1.29, 1.82) is 0 Å². The van der Waals surface area contributed by atoms with E-state index in [9.17, 15) is 4.79 Å². The molecule has 2 rings (SSSR count). The van der Waals surface area contributed by atoms with E-state index in [1.54, 1.807) is 0 Å². The summed E-state index contributed by atoms with van der Waals surface area (Å²) >= 11 is 0. The molecule has 0 saturated heterocycles. The molecule has 0 fully saturated rings. The Bertz CT molecular complexity index is 545. The predicted molar refractivity (Wildman–Crippen MR) is 74.3 cm³/mol. The largest absolute Gasteiger partial charge is 0.361 e. The summed E-state index contributed by atoms with van der Waals surface area (Å²) in [5, 5.41) is 4.01. The first-order chi connectivity index (χ1) is 8.61. The third kappa shape index (κ3) is 2.54. The molecule has 0 saturated carbocycles. The Hall–Kier alpha value is -1.81. The minimum absolute atomic E-state index is 0.0117. The van der Waals surface area contributed by atoms with Crippen LogP contribution in [0.15, 0.2) is 30.5 Å². The maximum absolute atomic E-state index is 12.1. The van der Waals surface area contributed by atoms with Crippen LogP contribution in [0.5, 0.6) is 0 Å². The van der Waals surface area contributed by atoms with Crippen LogP contribution in [-0.2, 0) is 4.79 Å². The zero-order valence-electron chi connectivity index (χ0n) is 10.7. The van der Waals surface area contributed by atoms with Crippen molar-refractivity contribution in [3.63, 3.8) is 0 Å². The zero-order chi connectivity index (χ0) is 13.1. The molecule has 0 aliphatic carbocycles. The van der Waals surface area contributed by atoms with E-state index in [4.69, 9.17) is 5.73 Å². The Kier molecular flexibility index (Phi) is 3.67. The van der Waals surface area contributed by atoms with Crippen LogP contribution in [0.1, 0.15) is 13.8 Å². The topological polar surface area (TPSA) is 70.9 Å². The van der Waals surface area contributed by atoms with Crippen LogP contribution < -0.4 is 11.1 Å². The fourth-order valence-electron chi connectivity index (χ4n) is 2.05. The van der Waals surface area contributed by atoms with Gasteiger partial charge in [-0.05, 0) is 30.2 Å². The molecule has 4 N–H and O–H groups in total. The van der Waals surface area contributed by atoms with E-state index in [-0.39, 0.29) is 17.7 Å². The smallest absolute Gasteiger partial charge is 0.229 e. The molecule has 96 valence electrons. The van der Waals surface area contributed by atoms with Gasteiger partial charge in [0.15, 0.2) is 0 Å². The summed E-state index contributed by atoms with van der Waals surface area (Å²) in [6, 6.07) is 7.79. The lowest BCUT2D eigenvalue weighted by Gasteiger charge is -2.18. The number of amides is 1. The van der Waals surface area contributed by atoms with Gasteiger partial charge in [-0.1, -0.05) is 13.8 Å². The summed E-state index contributed by atoms with van der Waals surface area (Å²) in [5.74, 6) is 0.0836. The summed E-state index contributed by atoms with van der Waals surface area (Å²) in [6.07, 6.45) is 1.88. The van der Waals surface area contributed by atoms with Gasteiger partial charge in [0.25, 0.3) is 0 Å². The van der Waals surface area contributed by atoms with E-state index in [2.05, 4.69) is 10.3 Å². The lowest BCUT2D eigenvalue weighted by atomic mass is 9.95. The molecule has 1 heterocycles. The van der Waals surface area contributed by atoms with Crippen molar-refractivity contribution >= 4 is 22.5 Å². The maximum atomic E-state index is 12.1. The third-order valence-electron chi connectivity index (χ3n) is 3.22. The monoisotopic (exact) mass is 245 g/mol. The number of nitrogens with one attached hydrogen (secondary N) is 2. The number of benzene rings is 1. The number of carbonyl (C=O) groups is 1. The highest BCUT2D eigenvalue weighted by Crippen LogP contribution is 2.19. The Morgan fingerprint density at radius 1 is 1.39 bits per heavy atom. The van der Waals surface area contributed by atoms with Crippen LogP contribution in [0.3, 0.4) is 0 Å². The zero-order valence-corrected chi connectivity index (χ0v) is 10.7. The van der Waals surface area contributed by atoms with Gasteiger partial charge in [0, 0.05) is 29.3 Å². The van der Waals surface area contributed by atoms with Gasteiger partial charge in [0.1, 0.15) is 0 Å². The molecular weight excluding hydrogens is 226 g/mol. The van der Waals surface area contributed by atoms with Crippen LogP contribution in [0.4, 0.5) is 5.69 Å². The number of fused-ring (bicyclic) bond motifs is 1. The molecule has 4 nitrogen and oxygen atoms in total. The number of aromatic amines is 1. The number of hydrogen-bond acceptors (Lipinski definition) is 2. The molecule has 1 unspecified atom stereocenters. The number of rotatable bonds is 4. The quantitative estimate of drug-likeness (QED) is 0.773. The normalized spacial score (nSPS) is 12.9. The van der Waals surface area contributed by atoms with Crippen LogP contribution in [0.25, 0.3) is 10.9 Å². The number of nitrogens with two attached hydrogens (primary N) is 1. The van der Waals surface area contributed by atoms with Gasteiger partial charge in [-0.15, -0.1) is 0 Å². The van der Waals surface area contributed by atoms with Gasteiger partial charge < -0.3 is 16.0 Å². The summed E-state index contributed by atoms with van der Waals surface area (Å²) in [6.45, 7) is 4.38. The molecule has 4 heteroatoms. The fraction of sp³-hybridized carbons (Fsp3) is 0.357. The molecule has 0 aliphatic heterocycles. The highest BCUT2D eigenvalue weighted by atomic mass is 16.1. The molecule has 0 bridgehead atoms. The molecule has 18 heavy (non-hydrogen) atoms. The van der Waals surface area contributed by atoms with E-state index in [1.807, 2.05) is 44.3 Å². The van der Waals surface area contributed by atoms with Gasteiger partial charge >= 0.3 is 0 Å². The van der Waals surface area contributed by atoms with Gasteiger partial charge in [0.05, 0.1) is 5.92 Å². The molecule has 1 aromatic heterocycles. The Morgan fingerprint density at radius 2 is 2.17 bits per heavy atom. The lowest BCUT2D eigenvalue weighted by Crippen LogP contribution is -2.33. The third-order valence-corrected chi connectivity index (χ3v) is 3.22. The first-order valence-corrected chi connectivity index (χ1v) is 6.20. The first kappa shape index (κ1) is 12.6. The Labute approximate surface area is 107 Å². The molecule has 0 aliphatic rings. The minimum atomic E-state index is -0.146.